The molecule has 1 saturated carbocycles. The third-order valence-electron chi connectivity index (χ3n) is 4.95. The van der Waals surface area contributed by atoms with E-state index in [9.17, 15) is 0 Å². The van der Waals surface area contributed by atoms with Gasteiger partial charge < -0.3 is 0 Å². The summed E-state index contributed by atoms with van der Waals surface area (Å²) in [5.41, 5.74) is 3.38. The first kappa shape index (κ1) is 12.2. The van der Waals surface area contributed by atoms with Gasteiger partial charge in [0.2, 0.25) is 0 Å². The summed E-state index contributed by atoms with van der Waals surface area (Å²) in [4.78, 5) is 2.79. The van der Waals surface area contributed by atoms with E-state index in [0.717, 1.165) is 0 Å². The molecule has 1 heteroatoms. The Kier molecular flexibility index (Phi) is 3.43. The number of hydrogen-bond donors (Lipinski definition) is 0. The highest BCUT2D eigenvalue weighted by Gasteiger charge is 2.40. The molecule has 2 fully saturated rings. The van der Waals surface area contributed by atoms with Crippen molar-refractivity contribution in [2.24, 2.45) is 0 Å². The van der Waals surface area contributed by atoms with Gasteiger partial charge in [-0.1, -0.05) is 49.1 Å². The molecule has 0 spiro atoms. The van der Waals surface area contributed by atoms with Crippen LogP contribution in [0, 0.1) is 6.92 Å². The molecule has 0 atom stereocenters. The molecule has 1 saturated heterocycles. The van der Waals surface area contributed by atoms with Crippen molar-refractivity contribution in [3.63, 3.8) is 0 Å². The van der Waals surface area contributed by atoms with Crippen molar-refractivity contribution in [3.8, 4) is 0 Å². The fraction of sp³-hybridized carbons (Fsp3) is 0.647. The van der Waals surface area contributed by atoms with Gasteiger partial charge in [-0.2, -0.15) is 0 Å². The first-order valence-electron chi connectivity index (χ1n) is 7.63. The second-order valence-corrected chi connectivity index (χ2v) is 6.16. The van der Waals surface area contributed by atoms with Gasteiger partial charge in [0.05, 0.1) is 0 Å². The Labute approximate surface area is 111 Å². The van der Waals surface area contributed by atoms with Crippen LogP contribution in [0.2, 0.25) is 0 Å². The molecule has 98 valence electrons. The third-order valence-corrected chi connectivity index (χ3v) is 4.95. The van der Waals surface area contributed by atoms with Gasteiger partial charge >= 0.3 is 0 Å². The predicted octanol–water partition coefficient (Wildman–Crippen LogP) is 4.25. The molecule has 3 rings (SSSR count). The van der Waals surface area contributed by atoms with E-state index in [1.807, 2.05) is 0 Å². The van der Waals surface area contributed by atoms with Crippen LogP contribution in [-0.2, 0) is 5.54 Å². The van der Waals surface area contributed by atoms with Gasteiger partial charge in [0, 0.05) is 5.54 Å². The molecule has 0 unspecified atom stereocenters. The van der Waals surface area contributed by atoms with E-state index in [1.54, 1.807) is 5.56 Å². The van der Waals surface area contributed by atoms with E-state index in [-0.39, 0.29) is 0 Å². The molecule has 2 aliphatic rings. The van der Waals surface area contributed by atoms with E-state index in [2.05, 4.69) is 36.1 Å². The summed E-state index contributed by atoms with van der Waals surface area (Å²) >= 11 is 0. The van der Waals surface area contributed by atoms with Gasteiger partial charge in [-0.05, 0) is 51.3 Å². The summed E-state index contributed by atoms with van der Waals surface area (Å²) in [5, 5.41) is 0. The van der Waals surface area contributed by atoms with Crippen LogP contribution in [0.5, 0.6) is 0 Å². The summed E-state index contributed by atoms with van der Waals surface area (Å²) < 4.78 is 0. The normalized spacial score (nSPS) is 24.3. The topological polar surface area (TPSA) is 3.24 Å². The minimum atomic E-state index is 0.376. The Morgan fingerprint density at radius 2 is 1.67 bits per heavy atom. The first-order valence-corrected chi connectivity index (χ1v) is 7.63. The Hall–Kier alpha value is -0.820. The first-order chi connectivity index (χ1) is 8.81. The van der Waals surface area contributed by atoms with Crippen molar-refractivity contribution in [2.45, 2.75) is 57.4 Å². The lowest BCUT2D eigenvalue weighted by Crippen LogP contribution is -2.46. The minimum Gasteiger partial charge on any atom is -0.294 e. The zero-order chi connectivity index (χ0) is 12.4. The standard InChI is InChI=1S/C17H25N/c1-15-8-7-9-16(14-15)17(10-3-2-4-11-17)18-12-5-6-13-18/h7-9,14H,2-6,10-13H2,1H3. The maximum absolute atomic E-state index is 2.79. The maximum Gasteiger partial charge on any atom is 0.0460 e. The van der Waals surface area contributed by atoms with Crippen LogP contribution in [0.25, 0.3) is 0 Å². The fourth-order valence-corrected chi connectivity index (χ4v) is 4.00. The maximum atomic E-state index is 2.79. The van der Waals surface area contributed by atoms with Gasteiger partial charge in [0.15, 0.2) is 0 Å². The van der Waals surface area contributed by atoms with Crippen LogP contribution in [0.4, 0.5) is 0 Å². The zero-order valence-electron chi connectivity index (χ0n) is 11.6. The molecule has 1 aliphatic heterocycles. The minimum absolute atomic E-state index is 0.376. The highest BCUT2D eigenvalue weighted by Crippen LogP contribution is 2.43. The van der Waals surface area contributed by atoms with Crippen LogP contribution in [0.1, 0.15) is 56.1 Å². The Bertz CT molecular complexity index is 398. The molecule has 0 bridgehead atoms. The monoisotopic (exact) mass is 243 g/mol. The van der Waals surface area contributed by atoms with Crippen LogP contribution < -0.4 is 0 Å². The molecular formula is C17H25N. The summed E-state index contributed by atoms with van der Waals surface area (Å²) in [5.74, 6) is 0. The van der Waals surface area contributed by atoms with Crippen LogP contribution in [0.15, 0.2) is 24.3 Å². The van der Waals surface area contributed by atoms with Gasteiger partial charge in [-0.3, -0.25) is 4.90 Å². The van der Waals surface area contributed by atoms with Crippen molar-refractivity contribution >= 4 is 0 Å². The zero-order valence-corrected chi connectivity index (χ0v) is 11.6. The van der Waals surface area contributed by atoms with Gasteiger partial charge in [-0.15, -0.1) is 0 Å². The Balaban J connectivity index is 1.98. The second-order valence-electron chi connectivity index (χ2n) is 6.16. The Morgan fingerprint density at radius 1 is 0.944 bits per heavy atom. The molecule has 0 radical (unpaired) electrons. The molecule has 1 aromatic carbocycles. The van der Waals surface area contributed by atoms with E-state index >= 15 is 0 Å². The van der Waals surface area contributed by atoms with E-state index in [4.69, 9.17) is 0 Å². The lowest BCUT2D eigenvalue weighted by atomic mass is 9.75. The van der Waals surface area contributed by atoms with Crippen molar-refractivity contribution in [1.82, 2.24) is 4.90 Å². The molecule has 1 aliphatic carbocycles. The number of hydrogen-bond acceptors (Lipinski definition) is 1. The average molecular weight is 243 g/mol. The molecule has 1 aromatic rings. The average Bonchev–Trinajstić information content (AvgIpc) is 2.94. The number of rotatable bonds is 2. The summed E-state index contributed by atoms with van der Waals surface area (Å²) in [6.45, 7) is 4.85. The highest BCUT2D eigenvalue weighted by atomic mass is 15.2. The van der Waals surface area contributed by atoms with Crippen molar-refractivity contribution in [1.29, 1.82) is 0 Å². The van der Waals surface area contributed by atoms with Gasteiger partial charge in [-0.25, -0.2) is 0 Å². The van der Waals surface area contributed by atoms with Crippen molar-refractivity contribution in [2.75, 3.05) is 13.1 Å². The molecule has 1 heterocycles. The number of benzene rings is 1. The second kappa shape index (κ2) is 5.05. The van der Waals surface area contributed by atoms with Crippen molar-refractivity contribution in [3.05, 3.63) is 35.4 Å². The number of nitrogens with zero attached hydrogens (tertiary/aromatic N) is 1. The van der Waals surface area contributed by atoms with E-state index < -0.39 is 0 Å². The third kappa shape index (κ3) is 2.09. The van der Waals surface area contributed by atoms with Crippen molar-refractivity contribution < 1.29 is 0 Å². The fourth-order valence-electron chi connectivity index (χ4n) is 4.00. The molecule has 0 amide bonds. The molecule has 18 heavy (non-hydrogen) atoms. The quantitative estimate of drug-likeness (QED) is 0.750. The summed E-state index contributed by atoms with van der Waals surface area (Å²) in [7, 11) is 0. The molecular weight excluding hydrogens is 218 g/mol. The SMILES string of the molecule is Cc1cccc(C2(N3CCCC3)CCCCC2)c1. The summed E-state index contributed by atoms with van der Waals surface area (Å²) in [6, 6.07) is 9.28. The molecule has 1 nitrogen and oxygen atoms in total. The molecule has 0 N–H and O–H groups in total. The van der Waals surface area contributed by atoms with Gasteiger partial charge in [0.25, 0.3) is 0 Å². The smallest absolute Gasteiger partial charge is 0.0460 e. The number of likely N-dealkylation sites (tertiary alicyclic amines) is 1. The lowest BCUT2D eigenvalue weighted by Gasteiger charge is -2.45. The number of aryl methyl sites for hydroxylation is 1. The summed E-state index contributed by atoms with van der Waals surface area (Å²) in [6.07, 6.45) is 9.78. The van der Waals surface area contributed by atoms with Gasteiger partial charge in [0.1, 0.15) is 0 Å². The van der Waals surface area contributed by atoms with Crippen LogP contribution in [-0.4, -0.2) is 18.0 Å². The van der Waals surface area contributed by atoms with E-state index in [0.29, 0.717) is 5.54 Å². The lowest BCUT2D eigenvalue weighted by molar-refractivity contribution is 0.0705. The van der Waals surface area contributed by atoms with Crippen LogP contribution in [0.3, 0.4) is 0 Å². The van der Waals surface area contributed by atoms with Crippen LogP contribution >= 0.6 is 0 Å². The van der Waals surface area contributed by atoms with E-state index in [1.165, 1.54) is 63.6 Å². The molecule has 0 aromatic heterocycles. The highest BCUT2D eigenvalue weighted by molar-refractivity contribution is 5.30. The Morgan fingerprint density at radius 3 is 2.33 bits per heavy atom. The predicted molar refractivity (Wildman–Crippen MR) is 76.7 cm³/mol. The largest absolute Gasteiger partial charge is 0.294 e.